The molecule has 0 atom stereocenters. The molecule has 0 radical (unpaired) electrons. The summed E-state index contributed by atoms with van der Waals surface area (Å²) < 4.78 is 4.99. The number of terminal acetylenes is 2. The normalized spacial score (nSPS) is 8.29. The van der Waals surface area contributed by atoms with Crippen molar-refractivity contribution in [3.05, 3.63) is 40.2 Å². The van der Waals surface area contributed by atoms with Gasteiger partial charge in [-0.15, -0.1) is 25.7 Å². The third kappa shape index (κ3) is 3.44. The van der Waals surface area contributed by atoms with Crippen LogP contribution in [0.3, 0.4) is 0 Å². The van der Waals surface area contributed by atoms with Crippen LogP contribution in [-0.4, -0.2) is 0 Å². The molecular weight excluding hydrogens is 214 g/mol. The molecule has 0 saturated heterocycles. The minimum Gasteiger partial charge on any atom is -0.423 e. The average Bonchev–Trinajstić information content (AvgIpc) is 2.33. The largest absolute Gasteiger partial charge is 0.423 e. The van der Waals surface area contributed by atoms with Gasteiger partial charge in [0.05, 0.1) is 0 Å². The third-order valence-corrected chi connectivity index (χ3v) is 1.98. The van der Waals surface area contributed by atoms with Crippen molar-refractivity contribution in [3.8, 4) is 25.7 Å². The first-order valence-electron chi connectivity index (χ1n) is 4.63. The van der Waals surface area contributed by atoms with E-state index in [9.17, 15) is 4.79 Å². The summed E-state index contributed by atoms with van der Waals surface area (Å²) in [6.45, 7) is 1.87. The quantitative estimate of drug-likeness (QED) is 0.426. The number of hydrogen-bond donors (Lipinski definition) is 1. The molecule has 1 heterocycles. The Morgan fingerprint density at radius 2 is 1.71 bits per heavy atom. The summed E-state index contributed by atoms with van der Waals surface area (Å²) in [6, 6.07) is 6.76. The van der Waals surface area contributed by atoms with Crippen molar-refractivity contribution in [2.45, 2.75) is 6.92 Å². The summed E-state index contributed by atoms with van der Waals surface area (Å²) in [4.78, 5) is 11.0. The summed E-state index contributed by atoms with van der Waals surface area (Å²) in [5, 5.41) is 0.925. The Bertz CT molecular complexity index is 585. The predicted molar refractivity (Wildman–Crippen MR) is 71.4 cm³/mol. The van der Waals surface area contributed by atoms with Gasteiger partial charge in [0.15, 0.2) is 0 Å². The van der Waals surface area contributed by atoms with Gasteiger partial charge in [-0.1, -0.05) is 0 Å². The van der Waals surface area contributed by atoms with Crippen LogP contribution >= 0.6 is 0 Å². The maximum atomic E-state index is 11.0. The Balaban J connectivity index is 0.000000581. The van der Waals surface area contributed by atoms with Crippen molar-refractivity contribution >= 4 is 16.7 Å². The van der Waals surface area contributed by atoms with E-state index in [1.807, 2.05) is 13.0 Å². The number of anilines is 1. The number of fused-ring (bicyclic) bond motifs is 1. The fourth-order valence-electron chi connectivity index (χ4n) is 1.34. The number of hydrogen-bond acceptors (Lipinski definition) is 3. The van der Waals surface area contributed by atoms with Gasteiger partial charge in [0, 0.05) is 23.2 Å². The number of nitrogen functional groups attached to an aromatic ring is 1. The van der Waals surface area contributed by atoms with Gasteiger partial charge < -0.3 is 10.2 Å². The molecule has 86 valence electrons. The van der Waals surface area contributed by atoms with E-state index >= 15 is 0 Å². The maximum Gasteiger partial charge on any atom is 0.336 e. The predicted octanol–water partition coefficient (Wildman–Crippen LogP) is 2.18. The van der Waals surface area contributed by atoms with Gasteiger partial charge >= 0.3 is 5.63 Å². The molecule has 3 heteroatoms. The smallest absolute Gasteiger partial charge is 0.336 e. The van der Waals surface area contributed by atoms with E-state index in [0.717, 1.165) is 10.9 Å². The Morgan fingerprint density at radius 1 is 1.12 bits per heavy atom. The second-order valence-corrected chi connectivity index (χ2v) is 3.00. The zero-order chi connectivity index (χ0) is 13.4. The number of nitrogens with two attached hydrogens (primary N) is 1. The molecule has 0 spiro atoms. The van der Waals surface area contributed by atoms with E-state index in [4.69, 9.17) is 10.2 Å². The molecule has 1 aromatic carbocycles. The molecular formula is C14H13NO2. The highest BCUT2D eigenvalue weighted by Gasteiger charge is 2.00. The van der Waals surface area contributed by atoms with Crippen molar-refractivity contribution in [1.29, 1.82) is 0 Å². The maximum absolute atomic E-state index is 11.0. The standard InChI is InChI=1S/C10H9NO2.2C2H2/c1-6-4-10(12)13-9-5-7(11)2-3-8(6)9;2*1-2/h2-5H,11H2,1H3;2*1-2H. The molecule has 0 aliphatic rings. The molecule has 0 bridgehead atoms. The number of aryl methyl sites for hydroxylation is 1. The van der Waals surface area contributed by atoms with Crippen molar-refractivity contribution in [2.75, 3.05) is 5.73 Å². The Hall–Kier alpha value is -2.65. The molecule has 0 amide bonds. The molecule has 0 aliphatic carbocycles. The van der Waals surface area contributed by atoms with E-state index in [2.05, 4.69) is 25.7 Å². The highest BCUT2D eigenvalue weighted by molar-refractivity contribution is 5.82. The summed E-state index contributed by atoms with van der Waals surface area (Å²) in [7, 11) is 0. The second-order valence-electron chi connectivity index (χ2n) is 3.00. The Morgan fingerprint density at radius 3 is 2.29 bits per heavy atom. The lowest BCUT2D eigenvalue weighted by Crippen LogP contribution is -1.98. The van der Waals surface area contributed by atoms with Gasteiger partial charge in [-0.05, 0) is 24.6 Å². The van der Waals surface area contributed by atoms with E-state index in [0.29, 0.717) is 11.3 Å². The van der Waals surface area contributed by atoms with E-state index in [1.54, 1.807) is 12.1 Å². The molecule has 3 nitrogen and oxygen atoms in total. The van der Waals surface area contributed by atoms with E-state index < -0.39 is 0 Å². The minimum atomic E-state index is -0.337. The summed E-state index contributed by atoms with van der Waals surface area (Å²) in [5.41, 5.74) is 7.28. The fraction of sp³-hybridized carbons (Fsp3) is 0.0714. The lowest BCUT2D eigenvalue weighted by Gasteiger charge is -2.00. The van der Waals surface area contributed by atoms with E-state index in [1.165, 1.54) is 6.07 Å². The lowest BCUT2D eigenvalue weighted by molar-refractivity contribution is 0.560. The topological polar surface area (TPSA) is 56.2 Å². The van der Waals surface area contributed by atoms with Crippen LogP contribution in [-0.2, 0) is 0 Å². The van der Waals surface area contributed by atoms with Gasteiger partial charge in [0.2, 0.25) is 0 Å². The minimum absolute atomic E-state index is 0.337. The van der Waals surface area contributed by atoms with Gasteiger partial charge in [0.25, 0.3) is 0 Å². The summed E-state index contributed by atoms with van der Waals surface area (Å²) in [6.07, 6.45) is 16.0. The van der Waals surface area contributed by atoms with Crippen LogP contribution in [0.1, 0.15) is 5.56 Å². The van der Waals surface area contributed by atoms with Crippen LogP contribution in [0.5, 0.6) is 0 Å². The van der Waals surface area contributed by atoms with Gasteiger partial charge in [-0.3, -0.25) is 0 Å². The number of rotatable bonds is 0. The zero-order valence-corrected chi connectivity index (χ0v) is 9.51. The first-order valence-corrected chi connectivity index (χ1v) is 4.63. The SMILES string of the molecule is C#C.C#C.Cc1cc(=O)oc2cc(N)ccc12. The van der Waals surface area contributed by atoms with Gasteiger partial charge in [-0.2, -0.15) is 0 Å². The van der Waals surface area contributed by atoms with Crippen LogP contribution < -0.4 is 11.4 Å². The molecule has 2 aromatic rings. The molecule has 17 heavy (non-hydrogen) atoms. The molecule has 2 rings (SSSR count). The monoisotopic (exact) mass is 227 g/mol. The highest BCUT2D eigenvalue weighted by atomic mass is 16.4. The lowest BCUT2D eigenvalue weighted by atomic mass is 10.1. The van der Waals surface area contributed by atoms with E-state index in [-0.39, 0.29) is 5.63 Å². The van der Waals surface area contributed by atoms with Crippen LogP contribution in [0, 0.1) is 32.6 Å². The average molecular weight is 227 g/mol. The third-order valence-electron chi connectivity index (χ3n) is 1.98. The van der Waals surface area contributed by atoms with Crippen molar-refractivity contribution in [2.24, 2.45) is 0 Å². The highest BCUT2D eigenvalue weighted by Crippen LogP contribution is 2.18. The van der Waals surface area contributed by atoms with Crippen molar-refractivity contribution in [1.82, 2.24) is 0 Å². The van der Waals surface area contributed by atoms with Gasteiger partial charge in [0.1, 0.15) is 5.58 Å². The van der Waals surface area contributed by atoms with Gasteiger partial charge in [-0.25, -0.2) is 4.79 Å². The zero-order valence-electron chi connectivity index (χ0n) is 9.51. The van der Waals surface area contributed by atoms with Crippen molar-refractivity contribution < 1.29 is 4.42 Å². The van der Waals surface area contributed by atoms with Crippen LogP contribution in [0.15, 0.2) is 33.5 Å². The first kappa shape index (κ1) is 14.4. The second kappa shape index (κ2) is 6.76. The van der Waals surface area contributed by atoms with Crippen LogP contribution in [0.2, 0.25) is 0 Å². The molecule has 1 aromatic heterocycles. The Labute approximate surface area is 100 Å². The van der Waals surface area contributed by atoms with Crippen LogP contribution in [0.4, 0.5) is 5.69 Å². The molecule has 2 N–H and O–H groups in total. The Kier molecular flexibility index (Phi) is 5.71. The number of benzene rings is 1. The summed E-state index contributed by atoms with van der Waals surface area (Å²) >= 11 is 0. The van der Waals surface area contributed by atoms with Crippen molar-refractivity contribution in [3.63, 3.8) is 0 Å². The molecule has 0 saturated carbocycles. The van der Waals surface area contributed by atoms with Crippen LogP contribution in [0.25, 0.3) is 11.0 Å². The summed E-state index contributed by atoms with van der Waals surface area (Å²) in [5.74, 6) is 0. The molecule has 0 fully saturated rings. The molecule has 0 aliphatic heterocycles. The fourth-order valence-corrected chi connectivity index (χ4v) is 1.34. The first-order chi connectivity index (χ1) is 8.16. The molecule has 0 unspecified atom stereocenters.